The molecule has 0 spiro atoms. The van der Waals surface area contributed by atoms with Crippen LogP contribution in [0.15, 0.2) is 41.2 Å². The Morgan fingerprint density at radius 2 is 1.96 bits per heavy atom. The van der Waals surface area contributed by atoms with E-state index >= 15 is 0 Å². The summed E-state index contributed by atoms with van der Waals surface area (Å²) in [7, 11) is 0. The van der Waals surface area contributed by atoms with E-state index in [0.29, 0.717) is 11.5 Å². The van der Waals surface area contributed by atoms with Crippen LogP contribution in [0.25, 0.3) is 4.96 Å². The number of aromatic nitrogens is 3. The predicted octanol–water partition coefficient (Wildman–Crippen LogP) is 3.52. The van der Waals surface area contributed by atoms with Gasteiger partial charge in [-0.1, -0.05) is 61.9 Å². The van der Waals surface area contributed by atoms with Gasteiger partial charge >= 0.3 is 0 Å². The molecule has 0 aliphatic carbocycles. The Kier molecular flexibility index (Phi) is 5.94. The molecule has 25 heavy (non-hydrogen) atoms. The van der Waals surface area contributed by atoms with Gasteiger partial charge in [-0.25, -0.2) is 4.98 Å². The van der Waals surface area contributed by atoms with Gasteiger partial charge in [-0.05, 0) is 18.5 Å². The topological polar surface area (TPSA) is 50.5 Å². The smallest absolute Gasteiger partial charge is 0.275 e. The van der Waals surface area contributed by atoms with Crippen LogP contribution in [0.1, 0.15) is 43.0 Å². The number of hydrogen-bond acceptors (Lipinski definition) is 5. The van der Waals surface area contributed by atoms with E-state index in [-0.39, 0.29) is 5.56 Å². The molecule has 0 aliphatic heterocycles. The van der Waals surface area contributed by atoms with Crippen LogP contribution in [-0.4, -0.2) is 26.0 Å². The van der Waals surface area contributed by atoms with E-state index in [1.807, 2.05) is 6.07 Å². The molecule has 132 valence electrons. The maximum absolute atomic E-state index is 12.4. The number of fused-ring (bicyclic) bond motifs is 1. The Morgan fingerprint density at radius 3 is 2.68 bits per heavy atom. The van der Waals surface area contributed by atoms with Gasteiger partial charge in [0.1, 0.15) is 5.01 Å². The fourth-order valence-corrected chi connectivity index (χ4v) is 3.72. The Balaban J connectivity index is 1.79. The number of unbranched alkanes of at least 4 members (excludes halogenated alkanes) is 1. The summed E-state index contributed by atoms with van der Waals surface area (Å²) in [6.07, 6.45) is 3.12. The number of nitrogens with zero attached hydrogens (tertiary/aromatic N) is 4. The molecular weight excluding hydrogens is 332 g/mol. The summed E-state index contributed by atoms with van der Waals surface area (Å²) in [5.74, 6) is 0. The zero-order chi connectivity index (χ0) is 17.6. The first kappa shape index (κ1) is 17.8. The van der Waals surface area contributed by atoms with E-state index < -0.39 is 0 Å². The highest BCUT2D eigenvalue weighted by Crippen LogP contribution is 2.15. The number of hydrogen-bond donors (Lipinski definition) is 0. The van der Waals surface area contributed by atoms with Gasteiger partial charge in [0, 0.05) is 25.6 Å². The molecule has 6 heteroatoms. The van der Waals surface area contributed by atoms with Gasteiger partial charge in [0.15, 0.2) is 0 Å². The fourth-order valence-electron chi connectivity index (χ4n) is 2.76. The molecule has 0 radical (unpaired) electrons. The standard InChI is InChI=1S/C19H24N4OS/c1-3-5-11-17-21-23-18(24)12-16(20-19(23)25-17)14-22(4-2)13-15-9-7-6-8-10-15/h6-10,12H,3-5,11,13-14H2,1-2H3. The summed E-state index contributed by atoms with van der Waals surface area (Å²) in [6.45, 7) is 6.70. The van der Waals surface area contributed by atoms with E-state index in [2.05, 4.69) is 53.1 Å². The average Bonchev–Trinajstić information content (AvgIpc) is 3.04. The van der Waals surface area contributed by atoms with Crippen molar-refractivity contribution in [1.29, 1.82) is 0 Å². The molecular formula is C19H24N4OS. The zero-order valence-corrected chi connectivity index (χ0v) is 15.6. The second kappa shape index (κ2) is 8.36. The van der Waals surface area contributed by atoms with Gasteiger partial charge in [0.05, 0.1) is 5.69 Å². The minimum atomic E-state index is -0.0882. The lowest BCUT2D eigenvalue weighted by molar-refractivity contribution is 0.268. The molecule has 3 rings (SSSR count). The highest BCUT2D eigenvalue weighted by molar-refractivity contribution is 7.16. The second-order valence-corrected chi connectivity index (χ2v) is 7.21. The first-order valence-corrected chi connectivity index (χ1v) is 9.66. The van der Waals surface area contributed by atoms with Crippen LogP contribution in [0.5, 0.6) is 0 Å². The normalized spacial score (nSPS) is 11.5. The molecule has 1 aromatic carbocycles. The maximum Gasteiger partial charge on any atom is 0.275 e. The van der Waals surface area contributed by atoms with Gasteiger partial charge in [0.25, 0.3) is 5.56 Å². The molecule has 0 bridgehead atoms. The van der Waals surface area contributed by atoms with Crippen molar-refractivity contribution < 1.29 is 0 Å². The lowest BCUT2D eigenvalue weighted by Gasteiger charge is -2.19. The third-order valence-corrected chi connectivity index (χ3v) is 5.13. The summed E-state index contributed by atoms with van der Waals surface area (Å²) < 4.78 is 1.44. The summed E-state index contributed by atoms with van der Waals surface area (Å²) in [6, 6.07) is 12.0. The largest absolute Gasteiger partial charge is 0.294 e. The number of benzene rings is 1. The van der Waals surface area contributed by atoms with Crippen LogP contribution in [0.2, 0.25) is 0 Å². The fraction of sp³-hybridized carbons (Fsp3) is 0.421. The Labute approximate surface area is 152 Å². The van der Waals surface area contributed by atoms with Crippen LogP contribution in [0, 0.1) is 0 Å². The monoisotopic (exact) mass is 356 g/mol. The Bertz CT molecular complexity index is 872. The molecule has 0 fully saturated rings. The highest BCUT2D eigenvalue weighted by Gasteiger charge is 2.11. The third-order valence-electron chi connectivity index (χ3n) is 4.17. The van der Waals surface area contributed by atoms with Crippen molar-refractivity contribution in [3.8, 4) is 0 Å². The molecule has 3 aromatic rings. The molecule has 0 saturated heterocycles. The SMILES string of the molecule is CCCCc1nn2c(=O)cc(CN(CC)Cc3ccccc3)nc2s1. The Hall–Kier alpha value is -2.05. The van der Waals surface area contributed by atoms with Crippen LogP contribution in [0.3, 0.4) is 0 Å². The zero-order valence-electron chi connectivity index (χ0n) is 14.8. The maximum atomic E-state index is 12.4. The molecule has 2 heterocycles. The highest BCUT2D eigenvalue weighted by atomic mass is 32.1. The lowest BCUT2D eigenvalue weighted by Crippen LogP contribution is -2.25. The molecule has 0 aliphatic rings. The van der Waals surface area contributed by atoms with Crippen molar-refractivity contribution in [3.63, 3.8) is 0 Å². The van der Waals surface area contributed by atoms with Crippen molar-refractivity contribution in [2.75, 3.05) is 6.54 Å². The van der Waals surface area contributed by atoms with Crippen LogP contribution < -0.4 is 5.56 Å². The molecule has 0 saturated carbocycles. The van der Waals surface area contributed by atoms with Crippen LogP contribution in [0.4, 0.5) is 0 Å². The van der Waals surface area contributed by atoms with Crippen molar-refractivity contribution in [2.24, 2.45) is 0 Å². The molecule has 0 N–H and O–H groups in total. The molecule has 0 amide bonds. The van der Waals surface area contributed by atoms with Crippen molar-refractivity contribution in [2.45, 2.75) is 46.2 Å². The minimum absolute atomic E-state index is 0.0882. The van der Waals surface area contributed by atoms with Gasteiger partial charge in [-0.15, -0.1) is 0 Å². The summed E-state index contributed by atoms with van der Waals surface area (Å²) >= 11 is 1.53. The van der Waals surface area contributed by atoms with Crippen molar-refractivity contribution in [1.82, 2.24) is 19.5 Å². The summed E-state index contributed by atoms with van der Waals surface area (Å²) in [5, 5.41) is 5.39. The number of aryl methyl sites for hydroxylation is 1. The first-order chi connectivity index (χ1) is 12.2. The van der Waals surface area contributed by atoms with Gasteiger partial charge in [-0.2, -0.15) is 9.61 Å². The molecule has 0 atom stereocenters. The number of rotatable bonds is 8. The van der Waals surface area contributed by atoms with Gasteiger partial charge in [0.2, 0.25) is 4.96 Å². The van der Waals surface area contributed by atoms with E-state index in [9.17, 15) is 4.79 Å². The first-order valence-electron chi connectivity index (χ1n) is 8.84. The van der Waals surface area contributed by atoms with Crippen LogP contribution >= 0.6 is 11.3 Å². The van der Waals surface area contributed by atoms with Crippen molar-refractivity contribution >= 4 is 16.3 Å². The lowest BCUT2D eigenvalue weighted by atomic mass is 10.2. The molecule has 0 unspecified atom stereocenters. The molecule has 5 nitrogen and oxygen atoms in total. The predicted molar refractivity (Wildman–Crippen MR) is 102 cm³/mol. The summed E-state index contributed by atoms with van der Waals surface area (Å²) in [5.41, 5.74) is 1.99. The van der Waals surface area contributed by atoms with E-state index in [1.54, 1.807) is 6.07 Å². The van der Waals surface area contributed by atoms with E-state index in [0.717, 1.165) is 43.1 Å². The van der Waals surface area contributed by atoms with Gasteiger partial charge in [-0.3, -0.25) is 9.69 Å². The van der Waals surface area contributed by atoms with E-state index in [4.69, 9.17) is 0 Å². The van der Waals surface area contributed by atoms with Crippen LogP contribution in [-0.2, 0) is 19.5 Å². The van der Waals surface area contributed by atoms with Crippen molar-refractivity contribution in [3.05, 3.63) is 63.0 Å². The average molecular weight is 356 g/mol. The second-order valence-electron chi connectivity index (χ2n) is 6.17. The van der Waals surface area contributed by atoms with Gasteiger partial charge < -0.3 is 0 Å². The quantitative estimate of drug-likeness (QED) is 0.620. The minimum Gasteiger partial charge on any atom is -0.294 e. The third kappa shape index (κ3) is 4.52. The Morgan fingerprint density at radius 1 is 1.16 bits per heavy atom. The van der Waals surface area contributed by atoms with E-state index in [1.165, 1.54) is 21.4 Å². The molecule has 2 aromatic heterocycles. The summed E-state index contributed by atoms with van der Waals surface area (Å²) in [4.78, 5) is 20.0.